The summed E-state index contributed by atoms with van der Waals surface area (Å²) in [7, 11) is 1.56. The van der Waals surface area contributed by atoms with Crippen molar-refractivity contribution in [3.8, 4) is 5.75 Å². The third-order valence-corrected chi connectivity index (χ3v) is 4.53. The summed E-state index contributed by atoms with van der Waals surface area (Å²) in [5.74, 6) is 0.114. The average Bonchev–Trinajstić information content (AvgIpc) is 3.15. The van der Waals surface area contributed by atoms with Gasteiger partial charge in [-0.3, -0.25) is 9.59 Å². The molecule has 0 aliphatic rings. The molecule has 3 aromatic rings. The van der Waals surface area contributed by atoms with Crippen LogP contribution in [0.2, 0.25) is 0 Å². The van der Waals surface area contributed by atoms with Gasteiger partial charge in [-0.05, 0) is 39.0 Å². The molecule has 152 valence electrons. The molecule has 0 atom stereocenters. The number of hydrogen-bond acceptors (Lipinski definition) is 5. The van der Waals surface area contributed by atoms with Gasteiger partial charge in [0.05, 0.1) is 18.9 Å². The molecule has 0 spiro atoms. The summed E-state index contributed by atoms with van der Waals surface area (Å²) >= 11 is 0. The number of nitrogens with zero attached hydrogens (tertiary/aromatic N) is 4. The second-order valence-corrected chi connectivity index (χ2v) is 6.92. The molecule has 0 aliphatic heterocycles. The lowest BCUT2D eigenvalue weighted by Crippen LogP contribution is -2.37. The molecule has 0 unspecified atom stereocenters. The first-order chi connectivity index (χ1) is 13.9. The number of carbonyl (C=O) groups excluding carboxylic acids is 2. The minimum atomic E-state index is -0.282. The van der Waals surface area contributed by atoms with E-state index in [1.807, 2.05) is 25.5 Å². The normalized spacial score (nSPS) is 10.9. The fourth-order valence-electron chi connectivity index (χ4n) is 3.02. The molecule has 0 saturated heterocycles. The Kier molecular flexibility index (Phi) is 6.11. The molecular weight excluding hydrogens is 370 g/mol. The minimum absolute atomic E-state index is 0.0597. The van der Waals surface area contributed by atoms with Crippen molar-refractivity contribution >= 4 is 28.5 Å². The number of amides is 2. The van der Waals surface area contributed by atoms with Crippen molar-refractivity contribution in [2.24, 2.45) is 0 Å². The largest absolute Gasteiger partial charge is 0.497 e. The Morgan fingerprint density at radius 2 is 2.03 bits per heavy atom. The van der Waals surface area contributed by atoms with Gasteiger partial charge in [0, 0.05) is 35.9 Å². The van der Waals surface area contributed by atoms with Crippen LogP contribution in [0.15, 0.2) is 42.7 Å². The zero-order valence-electron chi connectivity index (χ0n) is 17.0. The van der Waals surface area contributed by atoms with E-state index < -0.39 is 0 Å². The Morgan fingerprint density at radius 3 is 2.72 bits per heavy atom. The number of ether oxygens (including phenoxy) is 1. The maximum absolute atomic E-state index is 12.9. The summed E-state index contributed by atoms with van der Waals surface area (Å²) < 4.78 is 6.96. The van der Waals surface area contributed by atoms with Crippen LogP contribution in [0.3, 0.4) is 0 Å². The standard InChI is InChI=1S/C21H25N5O3/c1-5-25(13-19(27)24-17-7-6-8-18(10-17)29-4)21(28)16-9-15-12-23-26(14(2)3)20(15)22-11-16/h6-12,14H,5,13H2,1-4H3,(H,24,27). The van der Waals surface area contributed by atoms with E-state index in [1.165, 1.54) is 11.1 Å². The van der Waals surface area contributed by atoms with E-state index >= 15 is 0 Å². The van der Waals surface area contributed by atoms with Crippen molar-refractivity contribution in [2.45, 2.75) is 26.8 Å². The van der Waals surface area contributed by atoms with Gasteiger partial charge < -0.3 is 15.0 Å². The van der Waals surface area contributed by atoms with Gasteiger partial charge in [0.15, 0.2) is 5.65 Å². The summed E-state index contributed by atoms with van der Waals surface area (Å²) in [5.41, 5.74) is 1.77. The lowest BCUT2D eigenvalue weighted by Gasteiger charge is -2.20. The monoisotopic (exact) mass is 395 g/mol. The first-order valence-electron chi connectivity index (χ1n) is 9.49. The van der Waals surface area contributed by atoms with Gasteiger partial charge in [-0.15, -0.1) is 0 Å². The van der Waals surface area contributed by atoms with Crippen LogP contribution in [-0.2, 0) is 4.79 Å². The zero-order chi connectivity index (χ0) is 21.0. The van der Waals surface area contributed by atoms with E-state index in [0.717, 1.165) is 11.0 Å². The lowest BCUT2D eigenvalue weighted by atomic mass is 10.2. The van der Waals surface area contributed by atoms with Crippen LogP contribution in [0, 0.1) is 0 Å². The maximum Gasteiger partial charge on any atom is 0.255 e. The molecule has 1 N–H and O–H groups in total. The first kappa shape index (κ1) is 20.3. The predicted octanol–water partition coefficient (Wildman–Crippen LogP) is 3.12. The van der Waals surface area contributed by atoms with Crippen LogP contribution < -0.4 is 10.1 Å². The molecule has 0 fully saturated rings. The predicted molar refractivity (Wildman–Crippen MR) is 111 cm³/mol. The number of anilines is 1. The minimum Gasteiger partial charge on any atom is -0.497 e. The summed E-state index contributed by atoms with van der Waals surface area (Å²) in [6.07, 6.45) is 3.23. The molecule has 1 aromatic carbocycles. The summed E-state index contributed by atoms with van der Waals surface area (Å²) in [4.78, 5) is 31.2. The van der Waals surface area contributed by atoms with Crippen LogP contribution in [0.25, 0.3) is 11.0 Å². The molecule has 2 aromatic heterocycles. The number of benzene rings is 1. The van der Waals surface area contributed by atoms with Crippen LogP contribution in [-0.4, -0.2) is 51.7 Å². The first-order valence-corrected chi connectivity index (χ1v) is 9.49. The van der Waals surface area contributed by atoms with E-state index in [9.17, 15) is 9.59 Å². The van der Waals surface area contributed by atoms with Crippen molar-refractivity contribution < 1.29 is 14.3 Å². The Hall–Kier alpha value is -3.42. The van der Waals surface area contributed by atoms with Gasteiger partial charge in [-0.25, -0.2) is 9.67 Å². The highest BCUT2D eigenvalue weighted by molar-refractivity contribution is 6.00. The molecule has 3 rings (SSSR count). The van der Waals surface area contributed by atoms with Gasteiger partial charge in [-0.2, -0.15) is 5.10 Å². The Morgan fingerprint density at radius 1 is 1.24 bits per heavy atom. The second-order valence-electron chi connectivity index (χ2n) is 6.92. The molecule has 29 heavy (non-hydrogen) atoms. The summed E-state index contributed by atoms with van der Waals surface area (Å²) in [6.45, 7) is 6.21. The highest BCUT2D eigenvalue weighted by Crippen LogP contribution is 2.18. The van der Waals surface area contributed by atoms with Gasteiger partial charge in [0.1, 0.15) is 12.3 Å². The Bertz CT molecular complexity index is 1030. The quantitative estimate of drug-likeness (QED) is 0.664. The van der Waals surface area contributed by atoms with Crippen LogP contribution in [0.1, 0.15) is 37.2 Å². The highest BCUT2D eigenvalue weighted by atomic mass is 16.5. The molecule has 8 heteroatoms. The third kappa shape index (κ3) is 4.53. The maximum atomic E-state index is 12.9. The van der Waals surface area contributed by atoms with E-state index in [4.69, 9.17) is 4.74 Å². The van der Waals surface area contributed by atoms with Gasteiger partial charge >= 0.3 is 0 Å². The number of fused-ring (bicyclic) bond motifs is 1. The smallest absolute Gasteiger partial charge is 0.255 e. The molecule has 8 nitrogen and oxygen atoms in total. The van der Waals surface area contributed by atoms with E-state index in [0.29, 0.717) is 23.5 Å². The molecular formula is C21H25N5O3. The van der Waals surface area contributed by atoms with Gasteiger partial charge in [0.25, 0.3) is 5.91 Å². The van der Waals surface area contributed by atoms with Crippen LogP contribution in [0.4, 0.5) is 5.69 Å². The van der Waals surface area contributed by atoms with Crippen LogP contribution in [0.5, 0.6) is 5.75 Å². The average molecular weight is 395 g/mol. The van der Waals surface area contributed by atoms with E-state index in [2.05, 4.69) is 15.4 Å². The fourth-order valence-corrected chi connectivity index (χ4v) is 3.02. The summed E-state index contributed by atoms with van der Waals surface area (Å²) in [6, 6.07) is 9.01. The second kappa shape index (κ2) is 8.72. The molecule has 0 radical (unpaired) electrons. The van der Waals surface area contributed by atoms with Crippen molar-refractivity contribution in [3.05, 3.63) is 48.3 Å². The Labute approximate surface area is 169 Å². The van der Waals surface area contributed by atoms with Crippen molar-refractivity contribution in [1.82, 2.24) is 19.7 Å². The van der Waals surface area contributed by atoms with Crippen molar-refractivity contribution in [1.29, 1.82) is 0 Å². The number of aromatic nitrogens is 3. The molecule has 0 bridgehead atoms. The lowest BCUT2D eigenvalue weighted by molar-refractivity contribution is -0.116. The highest BCUT2D eigenvalue weighted by Gasteiger charge is 2.19. The number of hydrogen-bond donors (Lipinski definition) is 1. The third-order valence-electron chi connectivity index (χ3n) is 4.53. The fraction of sp³-hybridized carbons (Fsp3) is 0.333. The number of nitrogens with one attached hydrogen (secondary N) is 1. The SMILES string of the molecule is CCN(CC(=O)Nc1cccc(OC)c1)C(=O)c1cnc2c(cnn2C(C)C)c1. The van der Waals surface area contributed by atoms with Crippen molar-refractivity contribution in [2.75, 3.05) is 25.5 Å². The van der Waals surface area contributed by atoms with Crippen LogP contribution >= 0.6 is 0 Å². The Balaban J connectivity index is 1.72. The number of carbonyl (C=O) groups is 2. The van der Waals surface area contributed by atoms with E-state index in [1.54, 1.807) is 43.6 Å². The molecule has 2 amide bonds. The van der Waals surface area contributed by atoms with E-state index in [-0.39, 0.29) is 24.4 Å². The zero-order valence-corrected chi connectivity index (χ0v) is 17.0. The number of pyridine rings is 1. The van der Waals surface area contributed by atoms with Gasteiger partial charge in [0.2, 0.25) is 5.91 Å². The summed E-state index contributed by atoms with van der Waals surface area (Å²) in [5, 5.41) is 7.91. The molecule has 0 saturated carbocycles. The molecule has 0 aliphatic carbocycles. The van der Waals surface area contributed by atoms with Gasteiger partial charge in [-0.1, -0.05) is 6.07 Å². The number of rotatable bonds is 7. The molecule has 2 heterocycles. The number of likely N-dealkylation sites (N-methyl/N-ethyl adjacent to an activating group) is 1. The topological polar surface area (TPSA) is 89.3 Å². The van der Waals surface area contributed by atoms with Crippen molar-refractivity contribution in [3.63, 3.8) is 0 Å². The number of methoxy groups -OCH3 is 1.